The average molecular weight is 326 g/mol. The summed E-state index contributed by atoms with van der Waals surface area (Å²) in [6.07, 6.45) is 2.36. The third-order valence-electron chi connectivity index (χ3n) is 3.10. The van der Waals surface area contributed by atoms with E-state index in [9.17, 15) is 4.39 Å². The van der Waals surface area contributed by atoms with E-state index in [4.69, 9.17) is 0 Å². The molecule has 2 rings (SSSR count). The van der Waals surface area contributed by atoms with Gasteiger partial charge in [-0.1, -0.05) is 22.9 Å². The molecule has 0 bridgehead atoms. The monoisotopic (exact) mass is 325 g/mol. The molecule has 1 unspecified atom stereocenters. The Morgan fingerprint density at radius 2 is 2.21 bits per heavy atom. The molecule has 2 aromatic rings. The van der Waals surface area contributed by atoms with E-state index in [-0.39, 0.29) is 11.9 Å². The Morgan fingerprint density at radius 3 is 2.84 bits per heavy atom. The van der Waals surface area contributed by atoms with Gasteiger partial charge in [-0.3, -0.25) is 4.68 Å². The number of hydrogen-bond donors (Lipinski definition) is 1. The molecular weight excluding hydrogens is 309 g/mol. The van der Waals surface area contributed by atoms with Crippen LogP contribution < -0.4 is 5.32 Å². The number of nitrogens with zero attached hydrogens (tertiary/aromatic N) is 2. The molecule has 1 atom stereocenters. The van der Waals surface area contributed by atoms with Crippen LogP contribution in [0.4, 0.5) is 4.39 Å². The van der Waals surface area contributed by atoms with Gasteiger partial charge in [0.1, 0.15) is 5.82 Å². The molecule has 1 aromatic heterocycles. The van der Waals surface area contributed by atoms with Gasteiger partial charge < -0.3 is 5.32 Å². The van der Waals surface area contributed by atoms with Gasteiger partial charge in [0, 0.05) is 17.7 Å². The summed E-state index contributed by atoms with van der Waals surface area (Å²) in [6.45, 7) is 2.87. The maximum atomic E-state index is 13.8. The summed E-state index contributed by atoms with van der Waals surface area (Å²) in [4.78, 5) is 0. The Morgan fingerprint density at radius 1 is 1.42 bits per heavy atom. The van der Waals surface area contributed by atoms with Gasteiger partial charge in [0.05, 0.1) is 11.7 Å². The second kappa shape index (κ2) is 6.30. The van der Waals surface area contributed by atoms with Crippen LogP contribution in [0.1, 0.15) is 24.2 Å². The minimum Gasteiger partial charge on any atom is -0.309 e. The van der Waals surface area contributed by atoms with Gasteiger partial charge in [-0.15, -0.1) is 0 Å². The lowest BCUT2D eigenvalue weighted by Crippen LogP contribution is -2.25. The molecule has 0 saturated heterocycles. The molecular formula is C14H17BrFN3. The molecule has 5 heteroatoms. The second-order valence-electron chi connectivity index (χ2n) is 4.43. The molecule has 1 N–H and O–H groups in total. The number of aromatic nitrogens is 2. The molecule has 0 spiro atoms. The summed E-state index contributed by atoms with van der Waals surface area (Å²) in [5.74, 6) is -0.173. The van der Waals surface area contributed by atoms with Crippen molar-refractivity contribution in [1.82, 2.24) is 15.1 Å². The Labute approximate surface area is 121 Å². The Kier molecular flexibility index (Phi) is 4.71. The molecule has 1 heterocycles. The molecule has 19 heavy (non-hydrogen) atoms. The van der Waals surface area contributed by atoms with Crippen LogP contribution in [0.3, 0.4) is 0 Å². The molecule has 0 saturated carbocycles. The van der Waals surface area contributed by atoms with Gasteiger partial charge >= 0.3 is 0 Å². The first-order chi connectivity index (χ1) is 9.11. The van der Waals surface area contributed by atoms with Crippen molar-refractivity contribution in [2.24, 2.45) is 7.05 Å². The van der Waals surface area contributed by atoms with Crippen LogP contribution in [0.25, 0.3) is 0 Å². The molecule has 0 fully saturated rings. The highest BCUT2D eigenvalue weighted by Crippen LogP contribution is 2.22. The number of hydrogen-bond acceptors (Lipinski definition) is 2. The molecule has 0 radical (unpaired) electrons. The van der Waals surface area contributed by atoms with E-state index < -0.39 is 0 Å². The Hall–Kier alpha value is -1.20. The third-order valence-corrected chi connectivity index (χ3v) is 3.59. The van der Waals surface area contributed by atoms with Crippen LogP contribution in [0.5, 0.6) is 0 Å². The summed E-state index contributed by atoms with van der Waals surface area (Å²) < 4.78 is 16.6. The fourth-order valence-electron chi connectivity index (χ4n) is 2.17. The number of rotatable bonds is 5. The van der Waals surface area contributed by atoms with E-state index >= 15 is 0 Å². The summed E-state index contributed by atoms with van der Waals surface area (Å²) in [5, 5.41) is 7.55. The van der Waals surface area contributed by atoms with E-state index in [2.05, 4.69) is 26.3 Å². The first-order valence-electron chi connectivity index (χ1n) is 6.27. The molecule has 102 valence electrons. The lowest BCUT2D eigenvalue weighted by atomic mass is 10.0. The normalized spacial score (nSPS) is 12.6. The first-order valence-corrected chi connectivity index (χ1v) is 7.06. The van der Waals surface area contributed by atoms with Gasteiger partial charge in [0.15, 0.2) is 0 Å². The van der Waals surface area contributed by atoms with E-state index in [1.165, 1.54) is 6.07 Å². The lowest BCUT2D eigenvalue weighted by molar-refractivity contribution is 0.495. The predicted octanol–water partition coefficient (Wildman–Crippen LogP) is 3.22. The first kappa shape index (κ1) is 14.2. The van der Waals surface area contributed by atoms with Gasteiger partial charge in [-0.2, -0.15) is 5.10 Å². The number of aryl methyl sites for hydroxylation is 1. The van der Waals surface area contributed by atoms with Crippen molar-refractivity contribution >= 4 is 15.9 Å². The topological polar surface area (TPSA) is 29.9 Å². The molecule has 1 aromatic carbocycles. The predicted molar refractivity (Wildman–Crippen MR) is 77.4 cm³/mol. The zero-order valence-corrected chi connectivity index (χ0v) is 12.6. The van der Waals surface area contributed by atoms with Crippen LogP contribution in [0.2, 0.25) is 0 Å². The van der Waals surface area contributed by atoms with Crippen LogP contribution >= 0.6 is 15.9 Å². The van der Waals surface area contributed by atoms with Crippen molar-refractivity contribution in [3.8, 4) is 0 Å². The molecule has 0 amide bonds. The number of likely N-dealkylation sites (N-methyl/N-ethyl adjacent to an activating group) is 1. The number of nitrogens with one attached hydrogen (secondary N) is 1. The fraction of sp³-hybridized carbons (Fsp3) is 0.357. The van der Waals surface area contributed by atoms with Crippen LogP contribution in [-0.2, 0) is 13.5 Å². The van der Waals surface area contributed by atoms with E-state index in [1.54, 1.807) is 12.3 Å². The van der Waals surface area contributed by atoms with E-state index in [0.717, 1.165) is 16.7 Å². The van der Waals surface area contributed by atoms with E-state index in [1.807, 2.05) is 30.8 Å². The van der Waals surface area contributed by atoms with Gasteiger partial charge in [0.2, 0.25) is 0 Å². The van der Waals surface area contributed by atoms with Gasteiger partial charge in [-0.05, 0) is 42.8 Å². The highest BCUT2D eigenvalue weighted by atomic mass is 79.9. The van der Waals surface area contributed by atoms with Crippen molar-refractivity contribution in [2.75, 3.05) is 6.54 Å². The average Bonchev–Trinajstić information content (AvgIpc) is 2.79. The summed E-state index contributed by atoms with van der Waals surface area (Å²) in [6, 6.07) is 7.05. The smallest absolute Gasteiger partial charge is 0.126 e. The molecule has 3 nitrogen and oxygen atoms in total. The van der Waals surface area contributed by atoms with Crippen LogP contribution in [0, 0.1) is 5.82 Å². The zero-order chi connectivity index (χ0) is 13.8. The third kappa shape index (κ3) is 3.42. The summed E-state index contributed by atoms with van der Waals surface area (Å²) in [7, 11) is 1.90. The van der Waals surface area contributed by atoms with Crippen molar-refractivity contribution in [3.63, 3.8) is 0 Å². The minimum atomic E-state index is -0.173. The summed E-state index contributed by atoms with van der Waals surface area (Å²) >= 11 is 3.38. The fourth-order valence-corrected chi connectivity index (χ4v) is 2.58. The van der Waals surface area contributed by atoms with Gasteiger partial charge in [0.25, 0.3) is 0 Å². The van der Waals surface area contributed by atoms with Crippen molar-refractivity contribution in [2.45, 2.75) is 19.4 Å². The lowest BCUT2D eigenvalue weighted by Gasteiger charge is -2.18. The number of benzene rings is 1. The molecule has 0 aliphatic rings. The highest BCUT2D eigenvalue weighted by molar-refractivity contribution is 9.10. The van der Waals surface area contributed by atoms with Crippen LogP contribution in [0.15, 0.2) is 34.9 Å². The summed E-state index contributed by atoms with van der Waals surface area (Å²) in [5.41, 5.74) is 1.75. The van der Waals surface area contributed by atoms with Gasteiger partial charge in [-0.25, -0.2) is 4.39 Å². The minimum absolute atomic E-state index is 0.0568. The van der Waals surface area contributed by atoms with Crippen molar-refractivity contribution in [1.29, 1.82) is 0 Å². The second-order valence-corrected chi connectivity index (χ2v) is 5.35. The molecule has 0 aliphatic carbocycles. The van der Waals surface area contributed by atoms with Crippen molar-refractivity contribution in [3.05, 3.63) is 52.0 Å². The van der Waals surface area contributed by atoms with Crippen LogP contribution in [-0.4, -0.2) is 16.3 Å². The highest BCUT2D eigenvalue weighted by Gasteiger charge is 2.16. The molecule has 0 aliphatic heterocycles. The largest absolute Gasteiger partial charge is 0.309 e. The van der Waals surface area contributed by atoms with Crippen molar-refractivity contribution < 1.29 is 4.39 Å². The number of halogens is 2. The SMILES string of the molecule is CCNC(Cc1cc(Br)ccc1F)c1ccnn1C. The van der Waals surface area contributed by atoms with E-state index in [0.29, 0.717) is 12.0 Å². The maximum absolute atomic E-state index is 13.8. The Balaban J connectivity index is 2.26. The maximum Gasteiger partial charge on any atom is 0.126 e. The zero-order valence-electron chi connectivity index (χ0n) is 11.0. The standard InChI is InChI=1S/C14H17BrFN3/c1-3-17-13(14-6-7-18-19(14)2)9-10-8-11(15)4-5-12(10)16/h4-8,13,17H,3,9H2,1-2H3. The quantitative estimate of drug-likeness (QED) is 0.914. The Bertz CT molecular complexity index is 553.